The zero-order valence-electron chi connectivity index (χ0n) is 14.4. The van der Waals surface area contributed by atoms with Crippen LogP contribution in [0.2, 0.25) is 0 Å². The SMILES string of the molecule is C[C@H]1CCCN(C(=O)CN2CCC[C@H]2CCc2ccccc2)C1. The molecule has 2 saturated heterocycles. The Kier molecular flexibility index (Phi) is 5.71. The molecule has 3 heteroatoms. The van der Waals surface area contributed by atoms with Gasteiger partial charge in [-0.05, 0) is 56.6 Å². The van der Waals surface area contributed by atoms with E-state index in [4.69, 9.17) is 0 Å². The molecule has 2 atom stereocenters. The first-order valence-corrected chi connectivity index (χ1v) is 9.28. The van der Waals surface area contributed by atoms with Gasteiger partial charge in [-0.2, -0.15) is 0 Å². The van der Waals surface area contributed by atoms with Crippen LogP contribution in [-0.2, 0) is 11.2 Å². The van der Waals surface area contributed by atoms with Crippen molar-refractivity contribution < 1.29 is 4.79 Å². The summed E-state index contributed by atoms with van der Waals surface area (Å²) in [5.41, 5.74) is 1.41. The van der Waals surface area contributed by atoms with Crippen molar-refractivity contribution in [3.63, 3.8) is 0 Å². The number of nitrogens with zero attached hydrogens (tertiary/aromatic N) is 2. The molecule has 2 heterocycles. The zero-order valence-corrected chi connectivity index (χ0v) is 14.4. The zero-order chi connectivity index (χ0) is 16.1. The fourth-order valence-corrected chi connectivity index (χ4v) is 4.10. The van der Waals surface area contributed by atoms with Crippen molar-refractivity contribution in [1.29, 1.82) is 0 Å². The fraction of sp³-hybridized carbons (Fsp3) is 0.650. The number of carbonyl (C=O) groups excluding carboxylic acids is 1. The maximum Gasteiger partial charge on any atom is 0.236 e. The molecule has 0 unspecified atom stereocenters. The second kappa shape index (κ2) is 7.96. The molecule has 1 aromatic carbocycles. The van der Waals surface area contributed by atoms with Gasteiger partial charge in [0.25, 0.3) is 0 Å². The minimum absolute atomic E-state index is 0.350. The van der Waals surface area contributed by atoms with Crippen molar-refractivity contribution >= 4 is 5.91 Å². The van der Waals surface area contributed by atoms with Gasteiger partial charge in [0.15, 0.2) is 0 Å². The molecule has 1 amide bonds. The van der Waals surface area contributed by atoms with E-state index in [0.29, 0.717) is 24.4 Å². The Labute approximate surface area is 140 Å². The molecule has 2 aliphatic heterocycles. The summed E-state index contributed by atoms with van der Waals surface area (Å²) in [5, 5.41) is 0. The Hall–Kier alpha value is -1.35. The van der Waals surface area contributed by atoms with E-state index in [1.807, 2.05) is 0 Å². The van der Waals surface area contributed by atoms with Gasteiger partial charge in [-0.3, -0.25) is 9.69 Å². The summed E-state index contributed by atoms with van der Waals surface area (Å²) in [6.07, 6.45) is 7.22. The number of carbonyl (C=O) groups is 1. The maximum atomic E-state index is 12.6. The van der Waals surface area contributed by atoms with Crippen molar-refractivity contribution in [3.05, 3.63) is 35.9 Å². The van der Waals surface area contributed by atoms with Gasteiger partial charge in [-0.15, -0.1) is 0 Å². The second-order valence-corrected chi connectivity index (χ2v) is 7.38. The molecule has 0 bridgehead atoms. The van der Waals surface area contributed by atoms with Crippen LogP contribution in [0.4, 0.5) is 0 Å². The van der Waals surface area contributed by atoms with Crippen molar-refractivity contribution in [1.82, 2.24) is 9.80 Å². The van der Waals surface area contributed by atoms with Crippen LogP contribution in [0.5, 0.6) is 0 Å². The largest absolute Gasteiger partial charge is 0.341 e. The first-order valence-electron chi connectivity index (χ1n) is 9.28. The van der Waals surface area contributed by atoms with Crippen LogP contribution in [0.1, 0.15) is 44.6 Å². The lowest BCUT2D eigenvalue weighted by molar-refractivity contribution is -0.134. The minimum Gasteiger partial charge on any atom is -0.341 e. The summed E-state index contributed by atoms with van der Waals surface area (Å²) in [5.74, 6) is 1.02. The third-order valence-electron chi connectivity index (χ3n) is 5.46. The van der Waals surface area contributed by atoms with E-state index >= 15 is 0 Å². The maximum absolute atomic E-state index is 12.6. The van der Waals surface area contributed by atoms with Crippen LogP contribution in [0.3, 0.4) is 0 Å². The lowest BCUT2D eigenvalue weighted by Crippen LogP contribution is -2.45. The summed E-state index contributed by atoms with van der Waals surface area (Å²) < 4.78 is 0. The fourth-order valence-electron chi connectivity index (χ4n) is 4.10. The number of aryl methyl sites for hydroxylation is 1. The Morgan fingerprint density at radius 1 is 1.13 bits per heavy atom. The topological polar surface area (TPSA) is 23.6 Å². The molecule has 23 heavy (non-hydrogen) atoms. The number of hydrogen-bond acceptors (Lipinski definition) is 2. The molecule has 0 aliphatic carbocycles. The van der Waals surface area contributed by atoms with Gasteiger partial charge in [0, 0.05) is 19.1 Å². The summed E-state index contributed by atoms with van der Waals surface area (Å²) in [4.78, 5) is 17.1. The Morgan fingerprint density at radius 2 is 1.91 bits per heavy atom. The van der Waals surface area contributed by atoms with Crippen LogP contribution in [0.25, 0.3) is 0 Å². The highest BCUT2D eigenvalue weighted by molar-refractivity contribution is 5.78. The highest BCUT2D eigenvalue weighted by atomic mass is 16.2. The standard InChI is InChI=1S/C20H30N2O/c1-17-7-5-14-22(15-17)20(23)16-21-13-6-10-19(21)12-11-18-8-3-2-4-9-18/h2-4,8-9,17,19H,5-7,10-16H2,1H3/t17-,19-/m0/s1. The van der Waals surface area contributed by atoms with Gasteiger partial charge in [-0.25, -0.2) is 0 Å². The molecular formula is C20H30N2O. The van der Waals surface area contributed by atoms with Crippen LogP contribution >= 0.6 is 0 Å². The molecule has 2 fully saturated rings. The van der Waals surface area contributed by atoms with E-state index in [0.717, 1.165) is 26.1 Å². The predicted molar refractivity (Wildman–Crippen MR) is 94.3 cm³/mol. The average molecular weight is 314 g/mol. The van der Waals surface area contributed by atoms with E-state index in [1.165, 1.54) is 37.7 Å². The molecule has 0 radical (unpaired) electrons. The summed E-state index contributed by atoms with van der Waals surface area (Å²) in [7, 11) is 0. The second-order valence-electron chi connectivity index (χ2n) is 7.38. The van der Waals surface area contributed by atoms with Gasteiger partial charge >= 0.3 is 0 Å². The third-order valence-corrected chi connectivity index (χ3v) is 5.46. The van der Waals surface area contributed by atoms with E-state index in [2.05, 4.69) is 47.1 Å². The number of likely N-dealkylation sites (tertiary alicyclic amines) is 2. The molecule has 3 nitrogen and oxygen atoms in total. The molecule has 1 aromatic rings. The van der Waals surface area contributed by atoms with E-state index < -0.39 is 0 Å². The number of benzene rings is 1. The van der Waals surface area contributed by atoms with Gasteiger partial charge < -0.3 is 4.90 Å². The van der Waals surface area contributed by atoms with Crippen LogP contribution < -0.4 is 0 Å². The Bertz CT molecular complexity index is 502. The summed E-state index contributed by atoms with van der Waals surface area (Å²) in [6, 6.07) is 11.3. The first kappa shape index (κ1) is 16.5. The van der Waals surface area contributed by atoms with E-state index in [9.17, 15) is 4.79 Å². The normalized spacial score (nSPS) is 25.7. The van der Waals surface area contributed by atoms with Crippen molar-refractivity contribution in [2.75, 3.05) is 26.2 Å². The molecule has 0 saturated carbocycles. The van der Waals surface area contributed by atoms with Crippen molar-refractivity contribution in [2.24, 2.45) is 5.92 Å². The quantitative estimate of drug-likeness (QED) is 0.832. The van der Waals surface area contributed by atoms with Gasteiger partial charge in [0.05, 0.1) is 6.54 Å². The number of rotatable bonds is 5. The van der Waals surface area contributed by atoms with E-state index in [-0.39, 0.29) is 0 Å². The van der Waals surface area contributed by atoms with Crippen LogP contribution in [0, 0.1) is 5.92 Å². The van der Waals surface area contributed by atoms with Crippen LogP contribution in [-0.4, -0.2) is 47.9 Å². The van der Waals surface area contributed by atoms with Gasteiger partial charge in [0.1, 0.15) is 0 Å². The van der Waals surface area contributed by atoms with Gasteiger partial charge in [-0.1, -0.05) is 37.3 Å². The number of piperidine rings is 1. The van der Waals surface area contributed by atoms with Crippen molar-refractivity contribution in [2.45, 2.75) is 51.5 Å². The molecule has 0 N–H and O–H groups in total. The lowest BCUT2D eigenvalue weighted by atomic mass is 10.0. The highest BCUT2D eigenvalue weighted by Crippen LogP contribution is 2.23. The molecule has 2 aliphatic rings. The molecular weight excluding hydrogens is 284 g/mol. The Morgan fingerprint density at radius 3 is 2.70 bits per heavy atom. The molecule has 0 spiro atoms. The highest BCUT2D eigenvalue weighted by Gasteiger charge is 2.28. The first-order chi connectivity index (χ1) is 11.2. The number of hydrogen-bond donors (Lipinski definition) is 0. The van der Waals surface area contributed by atoms with Crippen LogP contribution in [0.15, 0.2) is 30.3 Å². The van der Waals surface area contributed by atoms with Gasteiger partial charge in [0.2, 0.25) is 5.91 Å². The van der Waals surface area contributed by atoms with Crippen molar-refractivity contribution in [3.8, 4) is 0 Å². The molecule has 0 aromatic heterocycles. The smallest absolute Gasteiger partial charge is 0.236 e. The number of amides is 1. The van der Waals surface area contributed by atoms with E-state index in [1.54, 1.807) is 0 Å². The summed E-state index contributed by atoms with van der Waals surface area (Å²) in [6.45, 7) is 5.91. The third kappa shape index (κ3) is 4.57. The Balaban J connectivity index is 1.49. The predicted octanol–water partition coefficient (Wildman–Crippen LogP) is 3.34. The molecule has 3 rings (SSSR count). The minimum atomic E-state index is 0.350. The lowest BCUT2D eigenvalue weighted by Gasteiger charge is -2.33. The monoisotopic (exact) mass is 314 g/mol. The summed E-state index contributed by atoms with van der Waals surface area (Å²) >= 11 is 0. The molecule has 126 valence electrons. The average Bonchev–Trinajstić information content (AvgIpc) is 3.01.